The molecule has 5 heteroatoms. The van der Waals surface area contributed by atoms with E-state index in [4.69, 9.17) is 0 Å². The van der Waals surface area contributed by atoms with Crippen LogP contribution in [0.3, 0.4) is 0 Å². The molecule has 0 saturated heterocycles. The fourth-order valence-electron chi connectivity index (χ4n) is 3.10. The van der Waals surface area contributed by atoms with Crippen molar-refractivity contribution in [3.63, 3.8) is 0 Å². The Hall–Kier alpha value is -2.27. The van der Waals surface area contributed by atoms with Crippen LogP contribution in [0.4, 0.5) is 0 Å². The summed E-state index contributed by atoms with van der Waals surface area (Å²) in [4.78, 5) is 21.3. The highest BCUT2D eigenvalue weighted by Gasteiger charge is 2.35. The van der Waals surface area contributed by atoms with Crippen LogP contribution >= 0.6 is 0 Å². The van der Waals surface area contributed by atoms with Gasteiger partial charge in [0.25, 0.3) is 5.91 Å². The SMILES string of the molecule is Cc1nc(-c2ccccc2)ncc1C(=O)NC1(CO)CCCC1. The first kappa shape index (κ1) is 15.6. The lowest BCUT2D eigenvalue weighted by Crippen LogP contribution is -2.49. The maximum atomic E-state index is 12.5. The number of amides is 1. The molecule has 3 rings (SSSR count). The molecule has 0 bridgehead atoms. The van der Waals surface area contributed by atoms with Crippen molar-refractivity contribution >= 4 is 5.91 Å². The van der Waals surface area contributed by atoms with Crippen molar-refractivity contribution in [2.75, 3.05) is 6.61 Å². The van der Waals surface area contributed by atoms with Crippen molar-refractivity contribution in [1.82, 2.24) is 15.3 Å². The molecular weight excluding hydrogens is 290 g/mol. The fourth-order valence-corrected chi connectivity index (χ4v) is 3.10. The van der Waals surface area contributed by atoms with Crippen molar-refractivity contribution in [2.24, 2.45) is 0 Å². The number of benzene rings is 1. The Bertz CT molecular complexity index is 695. The molecule has 1 saturated carbocycles. The third-order valence-electron chi connectivity index (χ3n) is 4.50. The normalized spacial score (nSPS) is 16.3. The molecule has 120 valence electrons. The first-order valence-corrected chi connectivity index (χ1v) is 7.96. The standard InChI is InChI=1S/C18H21N3O2/c1-13-15(17(23)21-18(12-22)9-5-6-10-18)11-19-16(20-13)14-7-3-2-4-8-14/h2-4,7-8,11,22H,5-6,9-10,12H2,1H3,(H,21,23). The summed E-state index contributed by atoms with van der Waals surface area (Å²) in [6, 6.07) is 9.68. The molecule has 1 aromatic heterocycles. The molecule has 0 radical (unpaired) electrons. The zero-order valence-electron chi connectivity index (χ0n) is 13.2. The monoisotopic (exact) mass is 311 g/mol. The molecule has 0 aliphatic heterocycles. The van der Waals surface area contributed by atoms with Crippen LogP contribution in [0, 0.1) is 6.92 Å². The largest absolute Gasteiger partial charge is 0.394 e. The Kier molecular flexibility index (Phi) is 4.39. The van der Waals surface area contributed by atoms with E-state index in [1.54, 1.807) is 6.20 Å². The first-order valence-electron chi connectivity index (χ1n) is 7.96. The Morgan fingerprint density at radius 2 is 1.96 bits per heavy atom. The lowest BCUT2D eigenvalue weighted by molar-refractivity contribution is 0.0837. The summed E-state index contributed by atoms with van der Waals surface area (Å²) in [5.41, 5.74) is 1.54. The van der Waals surface area contributed by atoms with Crippen molar-refractivity contribution < 1.29 is 9.90 Å². The Balaban J connectivity index is 1.82. The van der Waals surface area contributed by atoms with Crippen LogP contribution < -0.4 is 5.32 Å². The zero-order valence-corrected chi connectivity index (χ0v) is 13.2. The molecule has 2 aromatic rings. The quantitative estimate of drug-likeness (QED) is 0.909. The summed E-state index contributed by atoms with van der Waals surface area (Å²) >= 11 is 0. The highest BCUT2D eigenvalue weighted by Crippen LogP contribution is 2.29. The topological polar surface area (TPSA) is 75.1 Å². The van der Waals surface area contributed by atoms with Crippen LogP contribution in [0.15, 0.2) is 36.5 Å². The number of nitrogens with one attached hydrogen (secondary N) is 1. The molecule has 23 heavy (non-hydrogen) atoms. The van der Waals surface area contributed by atoms with Gasteiger partial charge in [0.15, 0.2) is 5.82 Å². The predicted octanol–water partition coefficient (Wildman–Crippen LogP) is 2.49. The second-order valence-corrected chi connectivity index (χ2v) is 6.16. The minimum atomic E-state index is -0.484. The maximum Gasteiger partial charge on any atom is 0.255 e. The number of carbonyl (C=O) groups is 1. The summed E-state index contributed by atoms with van der Waals surface area (Å²) in [7, 11) is 0. The minimum absolute atomic E-state index is 0.0270. The summed E-state index contributed by atoms with van der Waals surface area (Å²) < 4.78 is 0. The molecule has 1 aliphatic rings. The number of aliphatic hydroxyl groups excluding tert-OH is 1. The highest BCUT2D eigenvalue weighted by atomic mass is 16.3. The van der Waals surface area contributed by atoms with Gasteiger partial charge < -0.3 is 10.4 Å². The van der Waals surface area contributed by atoms with Crippen molar-refractivity contribution in [3.8, 4) is 11.4 Å². The van der Waals surface area contributed by atoms with Crippen molar-refractivity contribution in [1.29, 1.82) is 0 Å². The van der Waals surface area contributed by atoms with Crippen LogP contribution in [0.1, 0.15) is 41.7 Å². The molecule has 1 aliphatic carbocycles. The van der Waals surface area contributed by atoms with E-state index < -0.39 is 5.54 Å². The third-order valence-corrected chi connectivity index (χ3v) is 4.50. The second kappa shape index (κ2) is 6.46. The summed E-state index contributed by atoms with van der Waals surface area (Å²) in [5.74, 6) is 0.399. The van der Waals surface area contributed by atoms with Gasteiger partial charge in [-0.05, 0) is 19.8 Å². The smallest absolute Gasteiger partial charge is 0.255 e. The van der Waals surface area contributed by atoms with E-state index in [9.17, 15) is 9.90 Å². The van der Waals surface area contributed by atoms with Crippen LogP contribution in [0.2, 0.25) is 0 Å². The molecule has 1 aromatic carbocycles. The first-order chi connectivity index (χ1) is 11.1. The van der Waals surface area contributed by atoms with Gasteiger partial charge in [-0.25, -0.2) is 9.97 Å². The molecule has 1 fully saturated rings. The molecule has 1 heterocycles. The van der Waals surface area contributed by atoms with E-state index in [-0.39, 0.29) is 12.5 Å². The van der Waals surface area contributed by atoms with E-state index in [1.165, 1.54) is 0 Å². The maximum absolute atomic E-state index is 12.5. The summed E-state index contributed by atoms with van der Waals surface area (Å²) in [5, 5.41) is 12.6. The van der Waals surface area contributed by atoms with Gasteiger partial charge in [0.05, 0.1) is 23.4 Å². The average Bonchev–Trinajstić information content (AvgIpc) is 3.04. The molecule has 1 amide bonds. The fraction of sp³-hybridized carbons (Fsp3) is 0.389. The van der Waals surface area contributed by atoms with Gasteiger partial charge in [0.1, 0.15) is 0 Å². The van der Waals surface area contributed by atoms with E-state index >= 15 is 0 Å². The molecule has 2 N–H and O–H groups in total. The lowest BCUT2D eigenvalue weighted by Gasteiger charge is -2.28. The zero-order chi connectivity index (χ0) is 16.3. The van der Waals surface area contributed by atoms with Crippen LogP contribution in [0.25, 0.3) is 11.4 Å². The van der Waals surface area contributed by atoms with E-state index in [1.807, 2.05) is 37.3 Å². The number of nitrogens with zero attached hydrogens (tertiary/aromatic N) is 2. The number of aliphatic hydroxyl groups is 1. The molecular formula is C18H21N3O2. The van der Waals surface area contributed by atoms with Crippen LogP contribution in [-0.4, -0.2) is 33.1 Å². The van der Waals surface area contributed by atoms with Crippen molar-refractivity contribution in [3.05, 3.63) is 47.8 Å². The minimum Gasteiger partial charge on any atom is -0.394 e. The predicted molar refractivity (Wildman–Crippen MR) is 88.0 cm³/mol. The molecule has 0 unspecified atom stereocenters. The summed E-state index contributed by atoms with van der Waals surface area (Å²) in [6.07, 6.45) is 5.26. The number of aromatic nitrogens is 2. The van der Waals surface area contributed by atoms with Gasteiger partial charge in [-0.2, -0.15) is 0 Å². The Morgan fingerprint density at radius 1 is 1.26 bits per heavy atom. The van der Waals surface area contributed by atoms with Gasteiger partial charge >= 0.3 is 0 Å². The van der Waals surface area contributed by atoms with E-state index in [2.05, 4.69) is 15.3 Å². The van der Waals surface area contributed by atoms with Crippen LogP contribution in [0.5, 0.6) is 0 Å². The van der Waals surface area contributed by atoms with Crippen molar-refractivity contribution in [2.45, 2.75) is 38.1 Å². The Morgan fingerprint density at radius 3 is 2.57 bits per heavy atom. The van der Waals surface area contributed by atoms with Gasteiger partial charge in [-0.15, -0.1) is 0 Å². The third kappa shape index (κ3) is 3.24. The molecule has 0 atom stereocenters. The number of carbonyl (C=O) groups excluding carboxylic acids is 1. The van der Waals surface area contributed by atoms with Gasteiger partial charge in [-0.1, -0.05) is 43.2 Å². The van der Waals surface area contributed by atoms with E-state index in [0.29, 0.717) is 17.1 Å². The van der Waals surface area contributed by atoms with Crippen LogP contribution in [-0.2, 0) is 0 Å². The van der Waals surface area contributed by atoms with Gasteiger partial charge in [0, 0.05) is 11.8 Å². The number of hydrogen-bond acceptors (Lipinski definition) is 4. The second-order valence-electron chi connectivity index (χ2n) is 6.16. The van der Waals surface area contributed by atoms with E-state index in [0.717, 1.165) is 31.2 Å². The number of rotatable bonds is 4. The summed E-state index contributed by atoms with van der Waals surface area (Å²) in [6.45, 7) is 1.78. The lowest BCUT2D eigenvalue weighted by atomic mass is 9.98. The number of hydrogen-bond donors (Lipinski definition) is 2. The highest BCUT2D eigenvalue weighted by molar-refractivity contribution is 5.95. The van der Waals surface area contributed by atoms with Gasteiger partial charge in [0.2, 0.25) is 0 Å². The molecule has 5 nitrogen and oxygen atoms in total. The Labute approximate surface area is 135 Å². The van der Waals surface area contributed by atoms with Gasteiger partial charge in [-0.3, -0.25) is 4.79 Å². The average molecular weight is 311 g/mol. The number of aryl methyl sites for hydroxylation is 1. The molecule has 0 spiro atoms.